The molecule has 0 aliphatic carbocycles. The largest absolute Gasteiger partial charge is 0.357 e. The number of likely N-dealkylation sites (N-methyl/N-ethyl adjacent to an activating group) is 1. The quantitative estimate of drug-likeness (QED) is 0.325. The smallest absolute Gasteiger partial charge is 0.238 e. The van der Waals surface area contributed by atoms with E-state index in [0.717, 1.165) is 23.8 Å². The maximum absolute atomic E-state index is 12.0. The van der Waals surface area contributed by atoms with Gasteiger partial charge in [0.1, 0.15) is 0 Å². The van der Waals surface area contributed by atoms with Crippen molar-refractivity contribution in [2.24, 2.45) is 4.99 Å². The Morgan fingerprint density at radius 3 is 2.63 bits per heavy atom. The van der Waals surface area contributed by atoms with Gasteiger partial charge in [0.2, 0.25) is 5.91 Å². The van der Waals surface area contributed by atoms with Gasteiger partial charge in [0.05, 0.1) is 13.1 Å². The molecule has 162 valence electrons. The number of thioether (sulfide) groups is 1. The maximum atomic E-state index is 12.0. The van der Waals surface area contributed by atoms with Crippen LogP contribution in [-0.4, -0.2) is 50.2 Å². The van der Waals surface area contributed by atoms with Gasteiger partial charge >= 0.3 is 0 Å². The van der Waals surface area contributed by atoms with Gasteiger partial charge in [-0.05, 0) is 69.1 Å². The number of carbonyl (C=O) groups is 1. The molecule has 0 atom stereocenters. The van der Waals surface area contributed by atoms with Crippen LogP contribution in [0.4, 0.5) is 5.69 Å². The summed E-state index contributed by atoms with van der Waals surface area (Å²) in [5.74, 6) is 0.741. The number of nitrogens with zero attached hydrogens (tertiary/aromatic N) is 2. The highest BCUT2D eigenvalue weighted by Crippen LogP contribution is 2.21. The first-order valence-corrected chi connectivity index (χ1v) is 11.3. The number of rotatable bonds is 9. The molecular weight excluding hydrogens is 394 g/mol. The molecule has 0 heterocycles. The molecule has 0 unspecified atom stereocenters. The first-order valence-electron chi connectivity index (χ1n) is 10.1. The van der Waals surface area contributed by atoms with Crippen molar-refractivity contribution in [2.45, 2.75) is 31.8 Å². The number of hydrogen-bond acceptors (Lipinski definition) is 4. The van der Waals surface area contributed by atoms with Crippen LogP contribution in [0.2, 0.25) is 0 Å². The van der Waals surface area contributed by atoms with Crippen LogP contribution in [0, 0.1) is 6.92 Å². The molecule has 0 bridgehead atoms. The minimum Gasteiger partial charge on any atom is -0.357 e. The van der Waals surface area contributed by atoms with E-state index in [0.29, 0.717) is 19.6 Å². The number of carbonyl (C=O) groups excluding carboxylic acids is 1. The summed E-state index contributed by atoms with van der Waals surface area (Å²) in [5.41, 5.74) is 4.34. The van der Waals surface area contributed by atoms with Crippen LogP contribution in [-0.2, 0) is 17.9 Å². The molecule has 2 aromatic rings. The van der Waals surface area contributed by atoms with Crippen molar-refractivity contribution in [2.75, 3.05) is 38.8 Å². The Bertz CT molecular complexity index is 866. The van der Waals surface area contributed by atoms with Gasteiger partial charge in [-0.15, -0.1) is 11.8 Å². The minimum absolute atomic E-state index is 0.0293. The molecular formula is C23H33N5OS. The Morgan fingerprint density at radius 1 is 1.13 bits per heavy atom. The van der Waals surface area contributed by atoms with Crippen molar-refractivity contribution in [3.05, 3.63) is 59.2 Å². The highest BCUT2D eigenvalue weighted by atomic mass is 32.2. The number of amides is 1. The zero-order chi connectivity index (χ0) is 21.9. The Morgan fingerprint density at radius 2 is 1.93 bits per heavy atom. The lowest BCUT2D eigenvalue weighted by atomic mass is 10.1. The second-order valence-electron chi connectivity index (χ2n) is 7.35. The Hall–Kier alpha value is -2.51. The van der Waals surface area contributed by atoms with Crippen LogP contribution in [0.5, 0.6) is 0 Å². The van der Waals surface area contributed by atoms with E-state index < -0.39 is 0 Å². The average Bonchev–Trinajstić information content (AvgIpc) is 2.70. The predicted octanol–water partition coefficient (Wildman–Crippen LogP) is 3.47. The highest BCUT2D eigenvalue weighted by molar-refractivity contribution is 7.98. The van der Waals surface area contributed by atoms with Gasteiger partial charge < -0.3 is 20.9 Å². The first-order chi connectivity index (χ1) is 14.4. The van der Waals surface area contributed by atoms with Gasteiger partial charge in [0.25, 0.3) is 0 Å². The lowest BCUT2D eigenvalue weighted by Crippen LogP contribution is -2.36. The number of guanidine groups is 1. The number of benzene rings is 2. The van der Waals surface area contributed by atoms with Crippen molar-refractivity contribution in [1.29, 1.82) is 0 Å². The van der Waals surface area contributed by atoms with Gasteiger partial charge in [-0.25, -0.2) is 4.99 Å². The fourth-order valence-electron chi connectivity index (χ4n) is 2.92. The highest BCUT2D eigenvalue weighted by Gasteiger charge is 2.06. The van der Waals surface area contributed by atoms with Gasteiger partial charge in [-0.1, -0.05) is 24.3 Å². The summed E-state index contributed by atoms with van der Waals surface area (Å²) in [6.45, 7) is 6.54. The van der Waals surface area contributed by atoms with E-state index in [-0.39, 0.29) is 5.91 Å². The summed E-state index contributed by atoms with van der Waals surface area (Å²) in [7, 11) is 3.75. The van der Waals surface area contributed by atoms with Gasteiger partial charge in [-0.2, -0.15) is 0 Å². The summed E-state index contributed by atoms with van der Waals surface area (Å²) in [6, 6.07) is 14.3. The van der Waals surface area contributed by atoms with Crippen LogP contribution in [0.3, 0.4) is 0 Å². The zero-order valence-electron chi connectivity index (χ0n) is 18.6. The molecule has 7 heteroatoms. The summed E-state index contributed by atoms with van der Waals surface area (Å²) in [6.07, 6.45) is 2.10. The maximum Gasteiger partial charge on any atom is 0.238 e. The van der Waals surface area contributed by atoms with E-state index in [1.807, 2.05) is 43.3 Å². The van der Waals surface area contributed by atoms with E-state index in [9.17, 15) is 4.79 Å². The number of hydrogen-bond donors (Lipinski definition) is 3. The summed E-state index contributed by atoms with van der Waals surface area (Å²) >= 11 is 1.76. The minimum atomic E-state index is -0.0293. The van der Waals surface area contributed by atoms with Crippen molar-refractivity contribution in [3.8, 4) is 0 Å². The molecule has 0 spiro atoms. The topological polar surface area (TPSA) is 68.8 Å². The Labute approximate surface area is 184 Å². The second-order valence-corrected chi connectivity index (χ2v) is 8.20. The molecule has 2 rings (SSSR count). The second kappa shape index (κ2) is 12.2. The van der Waals surface area contributed by atoms with E-state index in [4.69, 9.17) is 4.99 Å². The van der Waals surface area contributed by atoms with Crippen LogP contribution >= 0.6 is 11.8 Å². The molecule has 6 nitrogen and oxygen atoms in total. The molecule has 3 N–H and O–H groups in total. The van der Waals surface area contributed by atoms with Gasteiger partial charge in [0, 0.05) is 23.7 Å². The lowest BCUT2D eigenvalue weighted by molar-refractivity contribution is -0.116. The SMILES string of the molecule is CCNC(=NCc1cccc(NC(=O)CN(C)C)c1)NCc1ccc(C)cc1SC. The standard InChI is InChI=1S/C23H33N5OS/c1-6-24-23(26-15-19-11-10-17(2)12-21(19)30-5)25-14-18-8-7-9-20(13-18)27-22(29)16-28(3)4/h7-13H,6,14-16H2,1-5H3,(H,27,29)(H2,24,25,26). The fraction of sp³-hybridized carbons (Fsp3) is 0.391. The molecule has 0 radical (unpaired) electrons. The molecule has 0 aromatic heterocycles. The van der Waals surface area contributed by atoms with Gasteiger partial charge in [-0.3, -0.25) is 4.79 Å². The monoisotopic (exact) mass is 427 g/mol. The number of aryl methyl sites for hydroxylation is 1. The molecule has 0 aliphatic heterocycles. The molecule has 0 saturated carbocycles. The molecule has 0 aliphatic rings. The van der Waals surface area contributed by atoms with Crippen molar-refractivity contribution in [1.82, 2.24) is 15.5 Å². The Balaban J connectivity index is 2.02. The van der Waals surface area contributed by atoms with Gasteiger partial charge in [0.15, 0.2) is 5.96 Å². The summed E-state index contributed by atoms with van der Waals surface area (Å²) in [5, 5.41) is 9.64. The summed E-state index contributed by atoms with van der Waals surface area (Å²) in [4.78, 5) is 19.8. The molecule has 2 aromatic carbocycles. The van der Waals surface area contributed by atoms with E-state index in [2.05, 4.69) is 54.3 Å². The molecule has 0 saturated heterocycles. The van der Waals surface area contributed by atoms with Crippen molar-refractivity contribution in [3.63, 3.8) is 0 Å². The summed E-state index contributed by atoms with van der Waals surface area (Å²) < 4.78 is 0. The third-order valence-electron chi connectivity index (χ3n) is 4.32. The van der Waals surface area contributed by atoms with Crippen molar-refractivity contribution < 1.29 is 4.79 Å². The first kappa shape index (κ1) is 23.8. The molecule has 30 heavy (non-hydrogen) atoms. The Kier molecular flexibility index (Phi) is 9.70. The number of aliphatic imine (C=N–C) groups is 1. The number of nitrogens with one attached hydrogen (secondary N) is 3. The molecule has 1 amide bonds. The van der Waals surface area contributed by atoms with E-state index >= 15 is 0 Å². The van der Waals surface area contributed by atoms with Crippen LogP contribution in [0.25, 0.3) is 0 Å². The third kappa shape index (κ3) is 8.08. The van der Waals surface area contributed by atoms with Crippen LogP contribution in [0.1, 0.15) is 23.6 Å². The van der Waals surface area contributed by atoms with E-state index in [1.54, 1.807) is 11.8 Å². The van der Waals surface area contributed by atoms with Crippen LogP contribution < -0.4 is 16.0 Å². The lowest BCUT2D eigenvalue weighted by Gasteiger charge is -2.14. The van der Waals surface area contributed by atoms with Crippen LogP contribution in [0.15, 0.2) is 52.4 Å². The predicted molar refractivity (Wildman–Crippen MR) is 128 cm³/mol. The third-order valence-corrected chi connectivity index (χ3v) is 5.14. The average molecular weight is 428 g/mol. The fourth-order valence-corrected chi connectivity index (χ4v) is 3.63. The van der Waals surface area contributed by atoms with Crippen molar-refractivity contribution >= 4 is 29.3 Å². The normalized spacial score (nSPS) is 11.5. The molecule has 0 fully saturated rings. The zero-order valence-corrected chi connectivity index (χ0v) is 19.4. The van der Waals surface area contributed by atoms with E-state index in [1.165, 1.54) is 16.0 Å². The number of anilines is 1.